The molecule has 0 spiro atoms. The molecule has 2 aromatic carbocycles. The Kier molecular flexibility index (Phi) is 5.86. The van der Waals surface area contributed by atoms with Gasteiger partial charge in [0.25, 0.3) is 0 Å². The molecule has 1 heterocycles. The van der Waals surface area contributed by atoms with Crippen molar-refractivity contribution in [2.45, 2.75) is 11.8 Å². The third-order valence-electron chi connectivity index (χ3n) is 4.06. The molecular weight excluding hydrogens is 358 g/mol. The van der Waals surface area contributed by atoms with Crippen molar-refractivity contribution in [1.82, 2.24) is 4.57 Å². The number of rotatable bonds is 5. The largest absolute Gasteiger partial charge is 0.305 e. The first-order valence-electron chi connectivity index (χ1n) is 8.25. The van der Waals surface area contributed by atoms with Gasteiger partial charge in [0.15, 0.2) is 5.78 Å². The number of pyridine rings is 1. The molecule has 130 valence electrons. The Balaban J connectivity index is 2.10. The molecule has 0 unspecified atom stereocenters. The Morgan fingerprint density at radius 1 is 1.04 bits per heavy atom. The summed E-state index contributed by atoms with van der Waals surface area (Å²) in [5.41, 5.74) is 3.53. The molecule has 0 aliphatic carbocycles. The smallest absolute Gasteiger partial charge is 0.189 e. The van der Waals surface area contributed by atoms with Gasteiger partial charge in [-0.2, -0.15) is 0 Å². The average molecular weight is 378 g/mol. The molecule has 3 rings (SSSR count). The summed E-state index contributed by atoms with van der Waals surface area (Å²) in [5, 5.41) is 0. The number of nitrogens with zero attached hydrogens (tertiary/aromatic N) is 1. The highest BCUT2D eigenvalue weighted by molar-refractivity contribution is 7.98. The molecule has 0 bridgehead atoms. The van der Waals surface area contributed by atoms with Gasteiger partial charge in [-0.15, -0.1) is 11.8 Å². The number of aryl methyl sites for hydroxylation is 1. The molecule has 1 aromatic heterocycles. The highest BCUT2D eigenvalue weighted by Crippen LogP contribution is 2.26. The number of ketones is 1. The Hall–Kier alpha value is -2.43. The van der Waals surface area contributed by atoms with Gasteiger partial charge in [-0.3, -0.25) is 4.79 Å². The zero-order valence-corrected chi connectivity index (χ0v) is 16.3. The molecule has 0 saturated carbocycles. The summed E-state index contributed by atoms with van der Waals surface area (Å²) in [5.74, 6) is -0.0760. The SMILES string of the molecule is CSc1cc(C)n(-c2ccccc2)c(=S)c1C(=O)/C=C/c1ccccc1. The van der Waals surface area contributed by atoms with Crippen LogP contribution in [0.5, 0.6) is 0 Å². The van der Waals surface area contributed by atoms with Crippen LogP contribution in [-0.2, 0) is 0 Å². The van der Waals surface area contributed by atoms with E-state index in [0.29, 0.717) is 10.2 Å². The van der Waals surface area contributed by atoms with Crippen molar-refractivity contribution >= 4 is 35.8 Å². The molecule has 0 aliphatic heterocycles. The number of benzene rings is 2. The summed E-state index contributed by atoms with van der Waals surface area (Å²) < 4.78 is 2.50. The molecule has 2 nitrogen and oxygen atoms in total. The number of para-hydroxylation sites is 1. The van der Waals surface area contributed by atoms with E-state index in [9.17, 15) is 4.79 Å². The van der Waals surface area contributed by atoms with Gasteiger partial charge in [-0.25, -0.2) is 0 Å². The summed E-state index contributed by atoms with van der Waals surface area (Å²) in [4.78, 5) is 13.8. The highest BCUT2D eigenvalue weighted by atomic mass is 32.2. The van der Waals surface area contributed by atoms with E-state index in [2.05, 4.69) is 0 Å². The van der Waals surface area contributed by atoms with Crippen LogP contribution >= 0.6 is 24.0 Å². The van der Waals surface area contributed by atoms with Crippen molar-refractivity contribution in [3.63, 3.8) is 0 Å². The fourth-order valence-electron chi connectivity index (χ4n) is 2.81. The highest BCUT2D eigenvalue weighted by Gasteiger charge is 2.16. The van der Waals surface area contributed by atoms with E-state index < -0.39 is 0 Å². The van der Waals surface area contributed by atoms with Crippen LogP contribution in [0.2, 0.25) is 0 Å². The third-order valence-corrected chi connectivity index (χ3v) is 5.21. The van der Waals surface area contributed by atoms with Gasteiger partial charge in [0.1, 0.15) is 4.64 Å². The summed E-state index contributed by atoms with van der Waals surface area (Å²) in [6.07, 6.45) is 5.40. The molecule has 0 atom stereocenters. The monoisotopic (exact) mass is 377 g/mol. The fraction of sp³-hybridized carbons (Fsp3) is 0.0909. The van der Waals surface area contributed by atoms with Crippen molar-refractivity contribution in [3.8, 4) is 5.69 Å². The second kappa shape index (κ2) is 8.30. The van der Waals surface area contributed by atoms with E-state index in [0.717, 1.165) is 21.8 Å². The maximum atomic E-state index is 12.9. The first-order chi connectivity index (χ1) is 12.6. The van der Waals surface area contributed by atoms with Gasteiger partial charge in [0.05, 0.1) is 5.56 Å². The number of aromatic nitrogens is 1. The average Bonchev–Trinajstić information content (AvgIpc) is 2.67. The second-order valence-electron chi connectivity index (χ2n) is 5.81. The summed E-state index contributed by atoms with van der Waals surface area (Å²) in [6, 6.07) is 21.7. The minimum Gasteiger partial charge on any atom is -0.305 e. The quantitative estimate of drug-likeness (QED) is 0.231. The second-order valence-corrected chi connectivity index (χ2v) is 7.05. The van der Waals surface area contributed by atoms with Crippen molar-refractivity contribution in [2.75, 3.05) is 6.26 Å². The minimum absolute atomic E-state index is 0.0760. The summed E-state index contributed by atoms with van der Waals surface area (Å²) in [6.45, 7) is 2.01. The van der Waals surface area contributed by atoms with Crippen LogP contribution in [0.25, 0.3) is 11.8 Å². The predicted octanol–water partition coefficient (Wildman–Crippen LogP) is 6.13. The van der Waals surface area contributed by atoms with Crippen LogP contribution < -0.4 is 0 Å². The lowest BCUT2D eigenvalue weighted by atomic mass is 10.1. The lowest BCUT2D eigenvalue weighted by Gasteiger charge is -2.16. The van der Waals surface area contributed by atoms with Gasteiger partial charge in [-0.05, 0) is 43.0 Å². The molecule has 0 aliphatic rings. The molecule has 0 N–H and O–H groups in total. The first-order valence-corrected chi connectivity index (χ1v) is 9.88. The van der Waals surface area contributed by atoms with Crippen LogP contribution in [0, 0.1) is 11.6 Å². The maximum Gasteiger partial charge on any atom is 0.189 e. The first kappa shape index (κ1) is 18.4. The standard InChI is InChI=1S/C22H19NOS2/c1-16-15-20(26-2)21(19(24)14-13-17-9-5-3-6-10-17)22(25)23(16)18-11-7-4-8-12-18/h3-15H,1-2H3/b14-13+. The van der Waals surface area contributed by atoms with Gasteiger partial charge in [0.2, 0.25) is 0 Å². The van der Waals surface area contributed by atoms with Crippen LogP contribution in [0.15, 0.2) is 77.7 Å². The molecule has 0 fully saturated rings. The number of hydrogen-bond donors (Lipinski definition) is 0. The summed E-state index contributed by atoms with van der Waals surface area (Å²) in [7, 11) is 0. The van der Waals surface area contributed by atoms with Gasteiger partial charge in [-0.1, -0.05) is 66.8 Å². The van der Waals surface area contributed by atoms with Crippen molar-refractivity contribution in [1.29, 1.82) is 0 Å². The maximum absolute atomic E-state index is 12.9. The van der Waals surface area contributed by atoms with Gasteiger partial charge >= 0.3 is 0 Å². The number of carbonyl (C=O) groups is 1. The molecular formula is C22H19NOS2. The van der Waals surface area contributed by atoms with E-state index in [4.69, 9.17) is 12.2 Å². The van der Waals surface area contributed by atoms with Crippen LogP contribution in [0.4, 0.5) is 0 Å². The number of thioether (sulfide) groups is 1. The zero-order valence-electron chi connectivity index (χ0n) is 14.7. The topological polar surface area (TPSA) is 22.0 Å². The Morgan fingerprint density at radius 3 is 2.27 bits per heavy atom. The molecule has 26 heavy (non-hydrogen) atoms. The Labute approximate surface area is 163 Å². The van der Waals surface area contributed by atoms with Gasteiger partial charge in [0, 0.05) is 16.3 Å². The predicted molar refractivity (Wildman–Crippen MR) is 113 cm³/mol. The van der Waals surface area contributed by atoms with Crippen molar-refractivity contribution < 1.29 is 4.79 Å². The molecule has 0 radical (unpaired) electrons. The van der Waals surface area contributed by atoms with E-state index in [1.54, 1.807) is 17.8 Å². The Bertz CT molecular complexity index is 1010. The normalized spacial score (nSPS) is 11.0. The van der Waals surface area contributed by atoms with E-state index in [-0.39, 0.29) is 5.78 Å². The minimum atomic E-state index is -0.0760. The Morgan fingerprint density at radius 2 is 1.65 bits per heavy atom. The van der Waals surface area contributed by atoms with Crippen molar-refractivity contribution in [3.05, 3.63) is 94.3 Å². The molecule has 4 heteroatoms. The van der Waals surface area contributed by atoms with Crippen molar-refractivity contribution in [2.24, 2.45) is 0 Å². The fourth-order valence-corrected chi connectivity index (χ4v) is 4.02. The van der Waals surface area contributed by atoms with E-state index in [1.165, 1.54) is 0 Å². The van der Waals surface area contributed by atoms with Crippen LogP contribution in [0.1, 0.15) is 21.6 Å². The van der Waals surface area contributed by atoms with E-state index in [1.807, 2.05) is 90.6 Å². The van der Waals surface area contributed by atoms with Crippen LogP contribution in [0.3, 0.4) is 0 Å². The lowest BCUT2D eigenvalue weighted by molar-refractivity contribution is 0.104. The number of allylic oxidation sites excluding steroid dienone is 1. The van der Waals surface area contributed by atoms with E-state index >= 15 is 0 Å². The number of hydrogen-bond acceptors (Lipinski definition) is 3. The van der Waals surface area contributed by atoms with Gasteiger partial charge < -0.3 is 4.57 Å². The molecule has 0 amide bonds. The molecule has 3 aromatic rings. The third kappa shape index (κ3) is 3.87. The summed E-state index contributed by atoms with van der Waals surface area (Å²) >= 11 is 7.26. The number of carbonyl (C=O) groups excluding carboxylic acids is 1. The lowest BCUT2D eigenvalue weighted by Crippen LogP contribution is -2.09. The zero-order chi connectivity index (χ0) is 18.5. The van der Waals surface area contributed by atoms with Crippen LogP contribution in [-0.4, -0.2) is 16.6 Å². The molecule has 0 saturated heterocycles.